The van der Waals surface area contributed by atoms with E-state index in [1.807, 2.05) is 24.3 Å². The fraction of sp³-hybridized carbons (Fsp3) is 0.444. The summed E-state index contributed by atoms with van der Waals surface area (Å²) >= 11 is 0. The number of hydrogen-bond donors (Lipinski definition) is 4. The average Bonchev–Trinajstić information content (AvgIpc) is 3.30. The number of morpholine rings is 1. The molecule has 0 spiro atoms. The highest BCUT2D eigenvalue weighted by atomic mass is 16.5. The van der Waals surface area contributed by atoms with Crippen LogP contribution in [-0.2, 0) is 4.74 Å². The number of urea groups is 1. The number of anilines is 4. The minimum absolute atomic E-state index is 0.239. The third kappa shape index (κ3) is 6.00. The molecule has 11 nitrogen and oxygen atoms in total. The van der Waals surface area contributed by atoms with E-state index in [0.717, 1.165) is 64.0 Å². The maximum atomic E-state index is 12.4. The van der Waals surface area contributed by atoms with Gasteiger partial charge in [0.05, 0.1) is 24.1 Å². The Morgan fingerprint density at radius 2 is 1.71 bits per heavy atom. The summed E-state index contributed by atoms with van der Waals surface area (Å²) in [5.41, 5.74) is 2.15. The second-order valence-electron chi connectivity index (χ2n) is 10.1. The lowest BCUT2D eigenvalue weighted by Crippen LogP contribution is -2.43. The quantitative estimate of drug-likeness (QED) is 0.374. The molecule has 3 saturated heterocycles. The number of carbonyl (C=O) groups excluding carboxylic acids is 1. The van der Waals surface area contributed by atoms with Gasteiger partial charge in [-0.2, -0.15) is 15.0 Å². The van der Waals surface area contributed by atoms with Gasteiger partial charge in [-0.15, -0.1) is 0 Å². The number of piperidine rings is 1. The Kier molecular flexibility index (Phi) is 7.27. The first-order chi connectivity index (χ1) is 18.7. The molecule has 3 fully saturated rings. The van der Waals surface area contributed by atoms with Crippen molar-refractivity contribution in [1.82, 2.24) is 25.3 Å². The molecule has 198 valence electrons. The maximum Gasteiger partial charge on any atom is 0.323 e. The fourth-order valence-corrected chi connectivity index (χ4v) is 5.25. The number of amides is 2. The van der Waals surface area contributed by atoms with E-state index in [0.29, 0.717) is 35.0 Å². The van der Waals surface area contributed by atoms with Crippen molar-refractivity contribution in [2.24, 2.45) is 5.92 Å². The second-order valence-corrected chi connectivity index (χ2v) is 10.1. The number of aromatic nitrogens is 4. The largest absolute Gasteiger partial charge is 0.371 e. The van der Waals surface area contributed by atoms with E-state index in [4.69, 9.17) is 19.7 Å². The van der Waals surface area contributed by atoms with Crippen LogP contribution in [0.15, 0.2) is 48.8 Å². The molecule has 0 saturated carbocycles. The molecule has 0 radical (unpaired) electrons. The SMILES string of the molecule is O=C(Nc1ccc(-c2nc(NCC3CCNCC3)nc(N3CC4CCC(C3)O4)n2)cc1)Nc1cccnc1. The molecule has 0 aliphatic carbocycles. The molecular formula is C27H33N9O2. The van der Waals surface area contributed by atoms with Crippen LogP contribution in [0.4, 0.5) is 28.1 Å². The number of pyridine rings is 1. The summed E-state index contributed by atoms with van der Waals surface area (Å²) in [6, 6.07) is 10.7. The third-order valence-corrected chi connectivity index (χ3v) is 7.28. The zero-order chi connectivity index (χ0) is 25.7. The highest BCUT2D eigenvalue weighted by Crippen LogP contribution is 2.30. The van der Waals surface area contributed by atoms with E-state index in [-0.39, 0.29) is 18.2 Å². The van der Waals surface area contributed by atoms with Crippen LogP contribution in [0.3, 0.4) is 0 Å². The van der Waals surface area contributed by atoms with Gasteiger partial charge in [-0.25, -0.2) is 4.79 Å². The topological polar surface area (TPSA) is 129 Å². The van der Waals surface area contributed by atoms with E-state index in [2.05, 4.69) is 31.2 Å². The standard InChI is InChI=1S/C27H33N9O2/c37-27(32-21-2-1-11-29-15-21)31-20-5-3-19(4-6-20)24-33-25(30-14-18-9-12-28-13-10-18)35-26(34-24)36-16-22-7-8-23(17-36)38-22/h1-6,11,15,18,22-23,28H,7-10,12-14,16-17H2,(H2,31,32,37)(H,30,33,34,35). The van der Waals surface area contributed by atoms with Crippen LogP contribution in [0.2, 0.25) is 0 Å². The molecule has 38 heavy (non-hydrogen) atoms. The maximum absolute atomic E-state index is 12.4. The molecule has 2 bridgehead atoms. The molecule has 11 heteroatoms. The summed E-state index contributed by atoms with van der Waals surface area (Å²) in [6.07, 6.45) is 8.20. The number of benzene rings is 1. The first-order valence-corrected chi connectivity index (χ1v) is 13.4. The second kappa shape index (κ2) is 11.3. The van der Waals surface area contributed by atoms with Crippen molar-refractivity contribution in [1.29, 1.82) is 0 Å². The fourth-order valence-electron chi connectivity index (χ4n) is 5.25. The van der Waals surface area contributed by atoms with Crippen molar-refractivity contribution in [3.05, 3.63) is 48.8 Å². The number of fused-ring (bicyclic) bond motifs is 2. The van der Waals surface area contributed by atoms with Gasteiger partial charge >= 0.3 is 6.03 Å². The molecule has 4 N–H and O–H groups in total. The zero-order valence-electron chi connectivity index (χ0n) is 21.3. The van der Waals surface area contributed by atoms with Crippen molar-refractivity contribution in [2.45, 2.75) is 37.9 Å². The lowest BCUT2D eigenvalue weighted by molar-refractivity contribution is 0.0299. The van der Waals surface area contributed by atoms with Gasteiger partial charge in [-0.3, -0.25) is 4.98 Å². The number of carbonyl (C=O) groups is 1. The summed E-state index contributed by atoms with van der Waals surface area (Å²) in [7, 11) is 0. The van der Waals surface area contributed by atoms with E-state index < -0.39 is 0 Å². The Labute approximate surface area is 221 Å². The van der Waals surface area contributed by atoms with Crippen LogP contribution in [0.5, 0.6) is 0 Å². The van der Waals surface area contributed by atoms with Gasteiger partial charge in [0, 0.05) is 37.1 Å². The summed E-state index contributed by atoms with van der Waals surface area (Å²) in [6.45, 7) is 4.54. The van der Waals surface area contributed by atoms with E-state index in [9.17, 15) is 4.79 Å². The van der Waals surface area contributed by atoms with E-state index in [1.165, 1.54) is 0 Å². The number of nitrogens with zero attached hydrogens (tertiary/aromatic N) is 5. The summed E-state index contributed by atoms with van der Waals surface area (Å²) in [5, 5.41) is 12.5. The van der Waals surface area contributed by atoms with E-state index >= 15 is 0 Å². The Morgan fingerprint density at radius 1 is 0.947 bits per heavy atom. The van der Waals surface area contributed by atoms with Gasteiger partial charge in [0.15, 0.2) is 5.82 Å². The minimum atomic E-state index is -0.334. The molecular weight excluding hydrogens is 482 g/mol. The number of ether oxygens (including phenoxy) is 1. The zero-order valence-corrected chi connectivity index (χ0v) is 21.3. The van der Waals surface area contributed by atoms with Crippen molar-refractivity contribution in [3.63, 3.8) is 0 Å². The third-order valence-electron chi connectivity index (χ3n) is 7.28. The molecule has 6 rings (SSSR count). The summed E-state index contributed by atoms with van der Waals surface area (Å²) in [5.74, 6) is 2.48. The normalized spacial score (nSPS) is 21.2. The van der Waals surface area contributed by atoms with Gasteiger partial charge in [-0.05, 0) is 81.1 Å². The number of hydrogen-bond acceptors (Lipinski definition) is 9. The molecule has 2 unspecified atom stereocenters. The van der Waals surface area contributed by atoms with E-state index in [1.54, 1.807) is 24.5 Å². The van der Waals surface area contributed by atoms with Crippen LogP contribution in [0.1, 0.15) is 25.7 Å². The first kappa shape index (κ1) is 24.5. The summed E-state index contributed by atoms with van der Waals surface area (Å²) < 4.78 is 6.03. The molecule has 2 amide bonds. The van der Waals surface area contributed by atoms with Gasteiger partial charge in [0.1, 0.15) is 0 Å². The summed E-state index contributed by atoms with van der Waals surface area (Å²) in [4.78, 5) is 33.0. The van der Waals surface area contributed by atoms with Crippen molar-refractivity contribution >= 4 is 29.3 Å². The molecule has 2 aromatic heterocycles. The highest BCUT2D eigenvalue weighted by Gasteiger charge is 2.35. The molecule has 3 aliphatic rings. The molecule has 5 heterocycles. The lowest BCUT2D eigenvalue weighted by atomic mass is 9.98. The lowest BCUT2D eigenvalue weighted by Gasteiger charge is -2.32. The van der Waals surface area contributed by atoms with Crippen molar-refractivity contribution in [3.8, 4) is 11.4 Å². The van der Waals surface area contributed by atoms with Crippen LogP contribution < -0.4 is 26.2 Å². The van der Waals surface area contributed by atoms with Crippen LogP contribution in [-0.4, -0.2) is 70.9 Å². The molecule has 3 aliphatic heterocycles. The van der Waals surface area contributed by atoms with Gasteiger partial charge in [0.2, 0.25) is 11.9 Å². The predicted molar refractivity (Wildman–Crippen MR) is 146 cm³/mol. The van der Waals surface area contributed by atoms with Gasteiger partial charge in [0.25, 0.3) is 0 Å². The monoisotopic (exact) mass is 515 g/mol. The average molecular weight is 516 g/mol. The predicted octanol–water partition coefficient (Wildman–Crippen LogP) is 3.36. The number of rotatable bonds is 7. The van der Waals surface area contributed by atoms with Crippen molar-refractivity contribution < 1.29 is 9.53 Å². The van der Waals surface area contributed by atoms with Crippen LogP contribution >= 0.6 is 0 Å². The molecule has 1 aromatic carbocycles. The Bertz CT molecular complexity index is 1220. The first-order valence-electron chi connectivity index (χ1n) is 13.4. The minimum Gasteiger partial charge on any atom is -0.371 e. The molecule has 3 aromatic rings. The van der Waals surface area contributed by atoms with Crippen LogP contribution in [0.25, 0.3) is 11.4 Å². The highest BCUT2D eigenvalue weighted by molar-refractivity contribution is 5.99. The Hall–Kier alpha value is -3.83. The Morgan fingerprint density at radius 3 is 2.45 bits per heavy atom. The Balaban J connectivity index is 1.19. The molecule has 2 atom stereocenters. The van der Waals surface area contributed by atoms with Gasteiger partial charge < -0.3 is 30.9 Å². The smallest absolute Gasteiger partial charge is 0.323 e. The van der Waals surface area contributed by atoms with Crippen molar-refractivity contribution in [2.75, 3.05) is 53.6 Å². The van der Waals surface area contributed by atoms with Gasteiger partial charge in [-0.1, -0.05) is 0 Å². The number of nitrogens with one attached hydrogen (secondary N) is 4. The van der Waals surface area contributed by atoms with Crippen LogP contribution in [0, 0.1) is 5.92 Å².